The molecule has 4 aromatic heterocycles. The maximum atomic E-state index is 13.7. The standard InChI is InChI=1S/C32H31N9O3S/c1-20-18-21(29(42)39-14-5-15-40(17-16-39)30-34-12-4-13-35-30)7-10-25(20)41-27-23(26(38-41)22-6-3-11-33-19-22)8-9-24-28(27)45-31(36-24)37-32(43)44-2/h3-4,6-7,10-13,18-19H,5,8-9,14-17H2,1-2H3,(H,36,37,43). The van der Waals surface area contributed by atoms with E-state index >= 15 is 0 Å². The molecule has 0 atom stereocenters. The molecule has 0 radical (unpaired) electrons. The van der Waals surface area contributed by atoms with E-state index in [1.54, 1.807) is 24.7 Å². The Balaban J connectivity index is 1.22. The van der Waals surface area contributed by atoms with Crippen LogP contribution in [-0.2, 0) is 17.6 Å². The minimum absolute atomic E-state index is 0.00212. The number of ether oxygens (including phenoxy) is 1. The van der Waals surface area contributed by atoms with E-state index in [0.717, 1.165) is 70.1 Å². The summed E-state index contributed by atoms with van der Waals surface area (Å²) >= 11 is 1.40. The molecule has 1 aromatic carbocycles. The first-order valence-electron chi connectivity index (χ1n) is 14.8. The van der Waals surface area contributed by atoms with Gasteiger partial charge in [-0.05, 0) is 68.1 Å². The lowest BCUT2D eigenvalue weighted by Crippen LogP contribution is -2.35. The fraction of sp³-hybridized carbons (Fsp3) is 0.281. The summed E-state index contributed by atoms with van der Waals surface area (Å²) < 4.78 is 6.73. The summed E-state index contributed by atoms with van der Waals surface area (Å²) in [6, 6.07) is 11.5. The number of fused-ring (bicyclic) bond motifs is 3. The maximum Gasteiger partial charge on any atom is 0.413 e. The van der Waals surface area contributed by atoms with Crippen molar-refractivity contribution in [3.8, 4) is 27.5 Å². The number of aryl methyl sites for hydroxylation is 2. The molecule has 13 heteroatoms. The average molecular weight is 622 g/mol. The number of anilines is 2. The van der Waals surface area contributed by atoms with E-state index in [9.17, 15) is 9.59 Å². The monoisotopic (exact) mass is 621 g/mol. The molecule has 1 N–H and O–H groups in total. The summed E-state index contributed by atoms with van der Waals surface area (Å²) in [6.07, 6.45) is 8.78. The number of pyridine rings is 1. The molecule has 1 saturated heterocycles. The Bertz CT molecular complexity index is 1870. The first kappa shape index (κ1) is 28.6. The number of rotatable bonds is 5. The van der Waals surface area contributed by atoms with Crippen molar-refractivity contribution in [3.05, 3.63) is 83.6 Å². The van der Waals surface area contributed by atoms with Gasteiger partial charge < -0.3 is 14.5 Å². The highest BCUT2D eigenvalue weighted by Gasteiger charge is 2.31. The van der Waals surface area contributed by atoms with E-state index in [-0.39, 0.29) is 5.91 Å². The van der Waals surface area contributed by atoms with Crippen LogP contribution in [0.5, 0.6) is 0 Å². The highest BCUT2D eigenvalue weighted by atomic mass is 32.1. The van der Waals surface area contributed by atoms with Crippen molar-refractivity contribution in [1.29, 1.82) is 0 Å². The molecule has 2 amide bonds. The molecule has 5 heterocycles. The number of aromatic nitrogens is 6. The molecule has 7 rings (SSSR count). The second kappa shape index (κ2) is 12.1. The first-order chi connectivity index (χ1) is 22.0. The number of amides is 2. The molecule has 0 spiro atoms. The number of hydrogen-bond acceptors (Lipinski definition) is 10. The molecule has 1 fully saturated rings. The predicted octanol–water partition coefficient (Wildman–Crippen LogP) is 4.79. The number of methoxy groups -OCH3 is 1. The van der Waals surface area contributed by atoms with Crippen molar-refractivity contribution in [3.63, 3.8) is 0 Å². The van der Waals surface area contributed by atoms with E-state index in [4.69, 9.17) is 9.84 Å². The normalized spacial score (nSPS) is 14.4. The molecule has 5 aromatic rings. The summed E-state index contributed by atoms with van der Waals surface area (Å²) in [7, 11) is 1.33. The molecule has 2 aliphatic rings. The van der Waals surface area contributed by atoms with Crippen LogP contribution >= 0.6 is 11.3 Å². The van der Waals surface area contributed by atoms with Crippen LogP contribution in [0, 0.1) is 6.92 Å². The second-order valence-electron chi connectivity index (χ2n) is 10.9. The van der Waals surface area contributed by atoms with Gasteiger partial charge in [-0.1, -0.05) is 11.3 Å². The zero-order chi connectivity index (χ0) is 30.9. The van der Waals surface area contributed by atoms with Crippen molar-refractivity contribution >= 4 is 34.4 Å². The van der Waals surface area contributed by atoms with Crippen molar-refractivity contribution in [2.75, 3.05) is 43.5 Å². The highest BCUT2D eigenvalue weighted by Crippen LogP contribution is 2.44. The number of nitrogens with one attached hydrogen (secondary N) is 1. The summed E-state index contributed by atoms with van der Waals surface area (Å²) in [6.45, 7) is 4.73. The van der Waals surface area contributed by atoms with Crippen LogP contribution in [0.15, 0.2) is 61.2 Å². The van der Waals surface area contributed by atoms with E-state index < -0.39 is 6.09 Å². The van der Waals surface area contributed by atoms with Crippen LogP contribution in [-0.4, -0.2) is 79.9 Å². The van der Waals surface area contributed by atoms with E-state index in [1.807, 2.05) is 53.0 Å². The summed E-state index contributed by atoms with van der Waals surface area (Å²) in [5.41, 5.74) is 7.14. The number of nitrogens with zero attached hydrogens (tertiary/aromatic N) is 8. The Labute approximate surface area is 263 Å². The lowest BCUT2D eigenvalue weighted by Gasteiger charge is -2.22. The molecular weight excluding hydrogens is 590 g/mol. The average Bonchev–Trinajstić information content (AvgIpc) is 3.57. The molecule has 0 saturated carbocycles. The zero-order valence-corrected chi connectivity index (χ0v) is 25.8. The van der Waals surface area contributed by atoms with Crippen LogP contribution in [0.4, 0.5) is 15.9 Å². The number of carbonyl (C=O) groups is 2. The smallest absolute Gasteiger partial charge is 0.413 e. The van der Waals surface area contributed by atoms with Gasteiger partial charge in [-0.3, -0.25) is 15.1 Å². The lowest BCUT2D eigenvalue weighted by molar-refractivity contribution is 0.0767. The predicted molar refractivity (Wildman–Crippen MR) is 171 cm³/mol. The third-order valence-electron chi connectivity index (χ3n) is 8.13. The van der Waals surface area contributed by atoms with Crippen LogP contribution in [0.1, 0.15) is 33.6 Å². The summed E-state index contributed by atoms with van der Waals surface area (Å²) in [5, 5.41) is 8.31. The Morgan fingerprint density at radius 2 is 1.87 bits per heavy atom. The first-order valence-corrected chi connectivity index (χ1v) is 15.6. The quantitative estimate of drug-likeness (QED) is 0.294. The Hall–Kier alpha value is -5.17. The van der Waals surface area contributed by atoms with Gasteiger partial charge in [0.1, 0.15) is 0 Å². The SMILES string of the molecule is COC(=O)Nc1nc2c(s1)-c1c(c(-c3cccnc3)nn1-c1ccc(C(=O)N3CCCN(c4ncccn4)CC3)cc1C)CC2. The third kappa shape index (κ3) is 5.50. The molecule has 1 aliphatic carbocycles. The summed E-state index contributed by atoms with van der Waals surface area (Å²) in [5.74, 6) is 0.694. The van der Waals surface area contributed by atoms with Gasteiger partial charge in [0, 0.05) is 67.7 Å². The van der Waals surface area contributed by atoms with Gasteiger partial charge in [0.25, 0.3) is 5.91 Å². The maximum absolute atomic E-state index is 13.7. The lowest BCUT2D eigenvalue weighted by atomic mass is 9.95. The minimum atomic E-state index is -0.563. The topological polar surface area (TPSA) is 131 Å². The fourth-order valence-electron chi connectivity index (χ4n) is 5.95. The van der Waals surface area contributed by atoms with Gasteiger partial charge in [0.15, 0.2) is 5.13 Å². The largest absolute Gasteiger partial charge is 0.453 e. The van der Waals surface area contributed by atoms with Gasteiger partial charge in [0.05, 0.1) is 34.8 Å². The van der Waals surface area contributed by atoms with Gasteiger partial charge in [-0.15, -0.1) is 0 Å². The van der Waals surface area contributed by atoms with E-state index in [0.29, 0.717) is 36.3 Å². The fourth-order valence-corrected chi connectivity index (χ4v) is 7.01. The van der Waals surface area contributed by atoms with Crippen molar-refractivity contribution in [1.82, 2.24) is 34.6 Å². The van der Waals surface area contributed by atoms with Crippen LogP contribution in [0.2, 0.25) is 0 Å². The Morgan fingerprint density at radius 3 is 2.64 bits per heavy atom. The summed E-state index contributed by atoms with van der Waals surface area (Å²) in [4.78, 5) is 48.4. The van der Waals surface area contributed by atoms with Crippen LogP contribution < -0.4 is 10.2 Å². The highest BCUT2D eigenvalue weighted by molar-refractivity contribution is 7.19. The van der Waals surface area contributed by atoms with Crippen molar-refractivity contribution in [2.24, 2.45) is 0 Å². The van der Waals surface area contributed by atoms with E-state index in [1.165, 1.54) is 18.4 Å². The molecule has 0 unspecified atom stereocenters. The minimum Gasteiger partial charge on any atom is -0.453 e. The number of benzene rings is 1. The van der Waals surface area contributed by atoms with Gasteiger partial charge in [-0.25, -0.2) is 24.4 Å². The number of carbonyl (C=O) groups excluding carboxylic acids is 2. The van der Waals surface area contributed by atoms with Crippen LogP contribution in [0.25, 0.3) is 27.5 Å². The number of thiazole rings is 1. The Morgan fingerprint density at radius 1 is 1.00 bits per heavy atom. The third-order valence-corrected chi connectivity index (χ3v) is 9.15. The molecule has 45 heavy (non-hydrogen) atoms. The van der Waals surface area contributed by atoms with Gasteiger partial charge >= 0.3 is 6.09 Å². The number of hydrogen-bond donors (Lipinski definition) is 1. The van der Waals surface area contributed by atoms with Crippen LogP contribution in [0.3, 0.4) is 0 Å². The van der Waals surface area contributed by atoms with E-state index in [2.05, 4.69) is 30.2 Å². The van der Waals surface area contributed by atoms with Crippen molar-refractivity contribution < 1.29 is 14.3 Å². The molecular formula is C32H31N9O3S. The van der Waals surface area contributed by atoms with Gasteiger partial charge in [-0.2, -0.15) is 5.10 Å². The second-order valence-corrected chi connectivity index (χ2v) is 11.9. The molecule has 0 bridgehead atoms. The molecule has 1 aliphatic heterocycles. The van der Waals surface area contributed by atoms with Gasteiger partial charge in [0.2, 0.25) is 5.95 Å². The van der Waals surface area contributed by atoms with Crippen molar-refractivity contribution in [2.45, 2.75) is 26.2 Å². The molecule has 12 nitrogen and oxygen atoms in total. The zero-order valence-electron chi connectivity index (χ0n) is 24.9. The molecule has 228 valence electrons. The Kier molecular flexibility index (Phi) is 7.67.